The summed E-state index contributed by atoms with van der Waals surface area (Å²) >= 11 is 0. The van der Waals surface area contributed by atoms with Gasteiger partial charge in [0.1, 0.15) is 17.3 Å². The van der Waals surface area contributed by atoms with Crippen LogP contribution in [0.25, 0.3) is 0 Å². The van der Waals surface area contributed by atoms with Crippen molar-refractivity contribution in [2.75, 3.05) is 63.3 Å². The Morgan fingerprint density at radius 3 is 1.29 bits per heavy atom. The molecule has 0 spiro atoms. The van der Waals surface area contributed by atoms with Crippen molar-refractivity contribution in [3.63, 3.8) is 0 Å². The Morgan fingerprint density at radius 2 is 0.864 bits per heavy atom. The van der Waals surface area contributed by atoms with Gasteiger partial charge < -0.3 is 14.4 Å². The van der Waals surface area contributed by atoms with Crippen molar-refractivity contribution >= 4 is 165 Å². The van der Waals surface area contributed by atoms with Crippen LogP contribution in [0.3, 0.4) is 0 Å². The molecule has 7 atom stereocenters. The molecule has 0 aromatic heterocycles. The Hall–Kier alpha value is 3.11. The molecule has 0 saturated carbocycles. The Balaban J connectivity index is 0.000000392. The van der Waals surface area contributed by atoms with Crippen molar-refractivity contribution in [3.8, 4) is 0 Å². The van der Waals surface area contributed by atoms with Gasteiger partial charge in [-0.2, -0.15) is 0 Å². The summed E-state index contributed by atoms with van der Waals surface area (Å²) in [7, 11) is 16.2. The van der Waals surface area contributed by atoms with Crippen molar-refractivity contribution in [1.82, 2.24) is 0 Å². The minimum atomic E-state index is -0.643. The van der Waals surface area contributed by atoms with Gasteiger partial charge in [-0.3, -0.25) is 0 Å². The second-order valence-electron chi connectivity index (χ2n) is 16.7. The smallest absolute Gasteiger partial charge is 0.129 e. The van der Waals surface area contributed by atoms with Gasteiger partial charge in [0.25, 0.3) is 0 Å². The van der Waals surface area contributed by atoms with Crippen molar-refractivity contribution in [2.45, 2.75) is 197 Å². The van der Waals surface area contributed by atoms with Crippen molar-refractivity contribution < 1.29 is 31.2 Å². The number of unbranched alkanes of at least 4 members (excludes halogenated alkanes) is 3. The zero-order valence-corrected chi connectivity index (χ0v) is 51.7. The average Bonchev–Trinajstić information content (AvgIpc) is 3.97. The van der Waals surface area contributed by atoms with Crippen LogP contribution in [0.15, 0.2) is 0 Å². The minimum absolute atomic E-state index is 0.266. The molecule has 7 nitrogen and oxygen atoms in total. The van der Waals surface area contributed by atoms with E-state index in [2.05, 4.69) is 0 Å². The van der Waals surface area contributed by atoms with Crippen LogP contribution < -0.4 is 0 Å². The fourth-order valence-electron chi connectivity index (χ4n) is 6.46. The third kappa shape index (κ3) is 45.7. The number of Topliss-reactive ketones (excluding diaryl/α,β-unsaturated/α-hetero) is 3. The van der Waals surface area contributed by atoms with Crippen LogP contribution in [0.4, 0.5) is 0 Å². The van der Waals surface area contributed by atoms with Gasteiger partial charge >= 0.3 is 0 Å². The van der Waals surface area contributed by atoms with Gasteiger partial charge in [0.2, 0.25) is 0 Å². The molecular formula is C45H84O7S14. The summed E-state index contributed by atoms with van der Waals surface area (Å²) in [6.45, 7) is 4.95. The number of ketones is 3. The molecule has 7 rings (SSSR count). The highest BCUT2D eigenvalue weighted by molar-refractivity contribution is 8.77. The van der Waals surface area contributed by atoms with Crippen LogP contribution in [-0.2, 0) is 53.7 Å². The molecule has 7 heterocycles. The van der Waals surface area contributed by atoms with E-state index >= 15 is 0 Å². The summed E-state index contributed by atoms with van der Waals surface area (Å²) < 4.78 is 43.6. The van der Waals surface area contributed by atoms with Crippen molar-refractivity contribution in [3.05, 3.63) is 0 Å². The predicted molar refractivity (Wildman–Crippen MR) is 321 cm³/mol. The van der Waals surface area contributed by atoms with Crippen LogP contribution in [0, 0.1) is 0 Å². The fraction of sp³-hybridized carbons (Fsp3) is 0.933. The number of hydrogen-bond acceptors (Lipinski definition) is 17. The van der Waals surface area contributed by atoms with E-state index in [0.717, 1.165) is 104 Å². The summed E-state index contributed by atoms with van der Waals surface area (Å²) in [6, 6.07) is 0. The fourth-order valence-corrected chi connectivity index (χ4v) is 26.5. The molecule has 7 fully saturated rings. The molecule has 7 aliphatic rings. The largest absolute Gasteiger partial charge is 0.300 e. The Kier molecular flexibility index (Phi) is 49.8. The highest BCUT2D eigenvalue weighted by Crippen LogP contribution is 2.40. The summed E-state index contributed by atoms with van der Waals surface area (Å²) in [5.74, 6) is 13.7. The average molecular weight is 1190 g/mol. The zero-order valence-electron chi connectivity index (χ0n) is 40.3. The highest BCUT2D eigenvalue weighted by Gasteiger charge is 2.23. The van der Waals surface area contributed by atoms with Gasteiger partial charge in [-0.15, -0.1) is 0 Å². The van der Waals surface area contributed by atoms with Crippen LogP contribution in [0.2, 0.25) is 0 Å². The van der Waals surface area contributed by atoms with Gasteiger partial charge in [0, 0.05) is 98.3 Å². The number of carbonyl (C=O) groups excluding carboxylic acids is 3. The molecule has 21 heteroatoms. The van der Waals surface area contributed by atoms with Gasteiger partial charge in [-0.05, 0) is 130 Å². The molecule has 0 radical (unpaired) electrons. The quantitative estimate of drug-likeness (QED) is 0.114. The monoisotopic (exact) mass is 1180 g/mol. The highest BCUT2D eigenvalue weighted by atomic mass is 33.1. The lowest BCUT2D eigenvalue weighted by Crippen LogP contribution is -2.06. The molecule has 7 unspecified atom stereocenters. The second kappa shape index (κ2) is 49.0. The van der Waals surface area contributed by atoms with E-state index in [0.29, 0.717) is 29.1 Å². The lowest BCUT2D eigenvalue weighted by molar-refractivity contribution is -0.117. The molecule has 7 aliphatic heterocycles. The van der Waals surface area contributed by atoms with Gasteiger partial charge in [0.05, 0.1) is 39.3 Å². The Morgan fingerprint density at radius 1 is 0.409 bits per heavy atom. The zero-order chi connectivity index (χ0) is 48.3. The normalized spacial score (nSPS) is 27.2. The van der Waals surface area contributed by atoms with Crippen LogP contribution in [0.5, 0.6) is 0 Å². The van der Waals surface area contributed by atoms with E-state index in [1.807, 2.05) is 64.8 Å². The molecule has 66 heavy (non-hydrogen) atoms. The maximum atomic E-state index is 11.3. The van der Waals surface area contributed by atoms with Gasteiger partial charge in [-0.25, -0.2) is 16.8 Å². The standard InChI is InChI=1S/2C9H16O2S2.C9H16OS2.C5H10OS2.C5H10S2.C4H8OS2.C4H8S2/c1-8(10)4-2-3-5-9-6-7-13(11)12-9;1-8(10)4-2-3-5-9-6-7-12-13(9)11;1-8(10)4-2-3-5-9-6-7-11-12-9;6-8-5-3-1-2-4-7-8;1-2-4-6-7-5-3-1;5-7-4-2-1-3-6-7;1-2-4-6-5-3-1/h2*9H,2-7H2,1H3;9H,2-7H2,1H3;1-5H2;1-5H2;1-4H2;1-4H2. The van der Waals surface area contributed by atoms with E-state index in [1.54, 1.807) is 63.9 Å². The van der Waals surface area contributed by atoms with E-state index < -0.39 is 39.3 Å². The molecule has 0 aromatic carbocycles. The first-order chi connectivity index (χ1) is 32.0. The first kappa shape index (κ1) is 67.1. The molecule has 0 N–H and O–H groups in total. The number of carbonyl (C=O) groups is 3. The Labute approximate surface area is 451 Å². The summed E-state index contributed by atoms with van der Waals surface area (Å²) in [4.78, 5) is 31.9. The van der Waals surface area contributed by atoms with Crippen LogP contribution in [0.1, 0.15) is 181 Å². The van der Waals surface area contributed by atoms with Crippen molar-refractivity contribution in [2.24, 2.45) is 0 Å². The number of rotatable bonds is 15. The molecule has 0 aliphatic carbocycles. The summed E-state index contributed by atoms with van der Waals surface area (Å²) in [5, 5.41) is 1.87. The molecule has 7 saturated heterocycles. The van der Waals surface area contributed by atoms with E-state index in [-0.39, 0.29) is 11.6 Å². The van der Waals surface area contributed by atoms with E-state index in [4.69, 9.17) is 0 Å². The van der Waals surface area contributed by atoms with Crippen molar-refractivity contribution in [1.29, 1.82) is 0 Å². The summed E-state index contributed by atoms with van der Waals surface area (Å²) in [6.07, 6.45) is 29.0. The maximum Gasteiger partial charge on any atom is 0.129 e. The molecular weight excluding hydrogens is 1100 g/mol. The minimum Gasteiger partial charge on any atom is -0.300 e. The lowest BCUT2D eigenvalue weighted by atomic mass is 10.1. The Bertz CT molecular complexity index is 1270. The van der Waals surface area contributed by atoms with Gasteiger partial charge in [-0.1, -0.05) is 140 Å². The molecule has 0 aromatic rings. The van der Waals surface area contributed by atoms with Crippen LogP contribution >= 0.6 is 108 Å². The van der Waals surface area contributed by atoms with E-state index in [1.165, 1.54) is 112 Å². The SMILES string of the molecule is C1CCSSC1.C1CCSSCC1.CC(=O)CCCCC1CCS(=O)S1.CC(=O)CCCCC1CCSS1.CC(=O)CCCCC1CCSS1=O.O=S1CCCCCS1.O=S1CCCCS1. The summed E-state index contributed by atoms with van der Waals surface area (Å²) in [5.41, 5.74) is 0. The topological polar surface area (TPSA) is 119 Å². The van der Waals surface area contributed by atoms with E-state index in [9.17, 15) is 31.2 Å². The molecule has 0 bridgehead atoms. The number of hydrogen-bond donors (Lipinski definition) is 0. The first-order valence-corrected chi connectivity index (χ1v) is 42.8. The molecule has 390 valence electrons. The molecule has 0 amide bonds. The lowest BCUT2D eigenvalue weighted by Gasteiger charge is -2.05. The maximum absolute atomic E-state index is 11.3. The van der Waals surface area contributed by atoms with Crippen LogP contribution in [-0.4, -0.2) is 113 Å². The predicted octanol–water partition coefficient (Wildman–Crippen LogP) is 15.4. The third-order valence-corrected chi connectivity index (χ3v) is 31.9. The first-order valence-electron chi connectivity index (χ1n) is 24.3. The second-order valence-corrected chi connectivity index (χ2v) is 38.9. The van der Waals surface area contributed by atoms with Gasteiger partial charge in [0.15, 0.2) is 0 Å². The third-order valence-electron chi connectivity index (χ3n) is 10.3.